The normalized spacial score (nSPS) is 11.5. The second kappa shape index (κ2) is 4.53. The van der Waals surface area contributed by atoms with Crippen molar-refractivity contribution in [3.05, 3.63) is 23.8 Å². The molecular weight excluding hydrogens is 260 g/mol. The van der Waals surface area contributed by atoms with Gasteiger partial charge in [0.25, 0.3) is 10.0 Å². The smallest absolute Gasteiger partial charge is 0.355 e. The van der Waals surface area contributed by atoms with Gasteiger partial charge in [-0.3, -0.25) is 4.72 Å². The number of carboxylic acid groups (broad SMARTS) is 1. The van der Waals surface area contributed by atoms with E-state index in [-0.39, 0.29) is 5.56 Å². The minimum atomic E-state index is -4.95. The predicted octanol–water partition coefficient (Wildman–Crippen LogP) is 1.05. The molecule has 1 rings (SSSR count). The highest BCUT2D eigenvalue weighted by molar-refractivity contribution is 7.93. The van der Waals surface area contributed by atoms with Crippen molar-refractivity contribution in [2.45, 2.75) is 5.76 Å². The summed E-state index contributed by atoms with van der Waals surface area (Å²) in [7, 11) is -4.95. The van der Waals surface area contributed by atoms with E-state index in [2.05, 4.69) is 0 Å². The molecule has 9 heteroatoms. The number of benzene rings is 1. The molecule has 0 heterocycles. The van der Waals surface area contributed by atoms with E-state index in [1.54, 1.807) is 0 Å². The average molecular weight is 267 g/mol. The van der Waals surface area contributed by atoms with Crippen LogP contribution in [0.4, 0.5) is 14.5 Å². The van der Waals surface area contributed by atoms with Gasteiger partial charge in [0.15, 0.2) is 0 Å². The van der Waals surface area contributed by atoms with E-state index in [9.17, 15) is 27.1 Å². The van der Waals surface area contributed by atoms with E-state index in [4.69, 9.17) is 5.11 Å². The second-order valence-corrected chi connectivity index (χ2v) is 4.60. The van der Waals surface area contributed by atoms with E-state index < -0.39 is 33.2 Å². The van der Waals surface area contributed by atoms with Crippen LogP contribution < -0.4 is 4.72 Å². The zero-order chi connectivity index (χ0) is 13.2. The second-order valence-electron chi connectivity index (χ2n) is 2.94. The molecule has 0 aliphatic heterocycles. The van der Waals surface area contributed by atoms with Crippen LogP contribution in [0.1, 0.15) is 10.4 Å². The number of nitrogens with one attached hydrogen (secondary N) is 1. The van der Waals surface area contributed by atoms with Crippen LogP contribution in [0.5, 0.6) is 5.75 Å². The Balaban J connectivity index is 3.15. The molecular formula is C8H7F2NO5S. The Labute approximate surface area is 94.6 Å². The largest absolute Gasteiger partial charge is 0.506 e. The Morgan fingerprint density at radius 3 is 2.41 bits per heavy atom. The Bertz CT molecular complexity index is 543. The summed E-state index contributed by atoms with van der Waals surface area (Å²) in [6.45, 7) is 0. The number of sulfonamides is 1. The molecule has 1 aromatic rings. The average Bonchev–Trinajstić information content (AvgIpc) is 2.20. The lowest BCUT2D eigenvalue weighted by atomic mass is 10.2. The zero-order valence-electron chi connectivity index (χ0n) is 8.09. The molecule has 17 heavy (non-hydrogen) atoms. The van der Waals surface area contributed by atoms with Crippen LogP contribution in [0, 0.1) is 0 Å². The first kappa shape index (κ1) is 13.2. The van der Waals surface area contributed by atoms with Gasteiger partial charge in [-0.2, -0.15) is 8.78 Å². The van der Waals surface area contributed by atoms with Gasteiger partial charge in [-0.15, -0.1) is 0 Å². The van der Waals surface area contributed by atoms with Gasteiger partial charge in [-0.05, 0) is 18.2 Å². The molecule has 0 atom stereocenters. The van der Waals surface area contributed by atoms with Crippen LogP contribution in [0.2, 0.25) is 0 Å². The Hall–Kier alpha value is -1.90. The summed E-state index contributed by atoms with van der Waals surface area (Å²) < 4.78 is 47.1. The van der Waals surface area contributed by atoms with E-state index in [0.29, 0.717) is 0 Å². The van der Waals surface area contributed by atoms with Crippen molar-refractivity contribution in [3.63, 3.8) is 0 Å². The fraction of sp³-hybridized carbons (Fsp3) is 0.125. The van der Waals surface area contributed by atoms with Gasteiger partial charge in [0.1, 0.15) is 5.75 Å². The molecule has 3 N–H and O–H groups in total. The highest BCUT2D eigenvalue weighted by Gasteiger charge is 2.25. The monoisotopic (exact) mass is 267 g/mol. The van der Waals surface area contributed by atoms with Gasteiger partial charge in [0, 0.05) is 0 Å². The number of aromatic carboxylic acids is 1. The number of anilines is 1. The lowest BCUT2D eigenvalue weighted by molar-refractivity contribution is 0.0697. The third-order valence-corrected chi connectivity index (χ3v) is 2.70. The maximum atomic E-state index is 12.0. The van der Waals surface area contributed by atoms with Crippen molar-refractivity contribution in [2.24, 2.45) is 0 Å². The predicted molar refractivity (Wildman–Crippen MR) is 53.6 cm³/mol. The van der Waals surface area contributed by atoms with E-state index in [1.165, 1.54) is 4.72 Å². The number of carbonyl (C=O) groups is 1. The van der Waals surface area contributed by atoms with E-state index in [0.717, 1.165) is 18.2 Å². The summed E-state index contributed by atoms with van der Waals surface area (Å²) in [5.74, 6) is -5.72. The van der Waals surface area contributed by atoms with E-state index in [1.807, 2.05) is 0 Å². The Morgan fingerprint density at radius 2 is 1.94 bits per heavy atom. The fourth-order valence-corrected chi connectivity index (χ4v) is 1.51. The first-order valence-corrected chi connectivity index (χ1v) is 5.65. The molecule has 6 nitrogen and oxygen atoms in total. The van der Waals surface area contributed by atoms with Crippen LogP contribution in [0.15, 0.2) is 18.2 Å². The summed E-state index contributed by atoms with van der Waals surface area (Å²) in [6, 6.07) is 2.61. The quantitative estimate of drug-likeness (QED) is 0.707. The molecule has 0 aliphatic carbocycles. The number of alkyl halides is 2. The van der Waals surface area contributed by atoms with Gasteiger partial charge in [-0.1, -0.05) is 0 Å². The lowest BCUT2D eigenvalue weighted by Gasteiger charge is -2.09. The number of carboxylic acids is 1. The number of halogens is 2. The van der Waals surface area contributed by atoms with Gasteiger partial charge < -0.3 is 10.2 Å². The van der Waals surface area contributed by atoms with Crippen LogP contribution in [-0.2, 0) is 10.0 Å². The first-order chi connectivity index (χ1) is 7.74. The number of hydrogen-bond donors (Lipinski definition) is 3. The van der Waals surface area contributed by atoms with Gasteiger partial charge in [0.2, 0.25) is 0 Å². The van der Waals surface area contributed by atoms with Crippen molar-refractivity contribution in [3.8, 4) is 5.75 Å². The third kappa shape index (κ3) is 3.03. The lowest BCUT2D eigenvalue weighted by Crippen LogP contribution is -2.20. The molecule has 0 radical (unpaired) electrons. The molecule has 0 fully saturated rings. The SMILES string of the molecule is O=C(O)c1ccc(O)c(NS(=O)(=O)C(F)F)c1. The van der Waals surface area contributed by atoms with E-state index >= 15 is 0 Å². The van der Waals surface area contributed by atoms with Crippen molar-refractivity contribution < 1.29 is 32.2 Å². The van der Waals surface area contributed by atoms with Crippen LogP contribution in [0.3, 0.4) is 0 Å². The van der Waals surface area contributed by atoms with Crippen molar-refractivity contribution >= 4 is 21.7 Å². The number of aromatic hydroxyl groups is 1. The molecule has 0 spiro atoms. The molecule has 94 valence electrons. The highest BCUT2D eigenvalue weighted by Crippen LogP contribution is 2.26. The van der Waals surface area contributed by atoms with Crippen LogP contribution in [0.25, 0.3) is 0 Å². The number of rotatable bonds is 4. The van der Waals surface area contributed by atoms with Crippen molar-refractivity contribution in [1.82, 2.24) is 0 Å². The van der Waals surface area contributed by atoms with Gasteiger partial charge in [-0.25, -0.2) is 13.2 Å². The topological polar surface area (TPSA) is 104 Å². The number of phenols is 1. The standard InChI is InChI=1S/C8H7F2NO5S/c9-8(10)17(15,16)11-5-3-4(7(13)14)1-2-6(5)12/h1-3,8,11-12H,(H,13,14). The molecule has 1 aromatic carbocycles. The fourth-order valence-electron chi connectivity index (χ4n) is 0.949. The molecule has 0 unspecified atom stereocenters. The molecule has 0 saturated carbocycles. The van der Waals surface area contributed by atoms with Gasteiger partial charge >= 0.3 is 11.7 Å². The van der Waals surface area contributed by atoms with Crippen molar-refractivity contribution in [1.29, 1.82) is 0 Å². The number of phenolic OH excluding ortho intramolecular Hbond substituents is 1. The molecule has 0 saturated heterocycles. The van der Waals surface area contributed by atoms with Crippen LogP contribution in [-0.4, -0.2) is 30.4 Å². The molecule has 0 amide bonds. The maximum absolute atomic E-state index is 12.0. The van der Waals surface area contributed by atoms with Crippen molar-refractivity contribution in [2.75, 3.05) is 4.72 Å². The minimum Gasteiger partial charge on any atom is -0.506 e. The summed E-state index contributed by atoms with van der Waals surface area (Å²) >= 11 is 0. The summed E-state index contributed by atoms with van der Waals surface area (Å²) in [5.41, 5.74) is -0.972. The summed E-state index contributed by atoms with van der Waals surface area (Å²) in [4.78, 5) is 10.6. The Kier molecular flexibility index (Phi) is 3.51. The maximum Gasteiger partial charge on any atom is 0.355 e. The molecule has 0 bridgehead atoms. The van der Waals surface area contributed by atoms with Gasteiger partial charge in [0.05, 0.1) is 11.3 Å². The zero-order valence-corrected chi connectivity index (χ0v) is 8.91. The third-order valence-electron chi connectivity index (χ3n) is 1.73. The summed E-state index contributed by atoms with van der Waals surface area (Å²) in [5, 5.41) is 17.8. The van der Waals surface area contributed by atoms with Crippen LogP contribution >= 0.6 is 0 Å². The number of hydrogen-bond acceptors (Lipinski definition) is 4. The molecule has 0 aromatic heterocycles. The highest BCUT2D eigenvalue weighted by atomic mass is 32.2. The minimum absolute atomic E-state index is 0.352. The summed E-state index contributed by atoms with van der Waals surface area (Å²) in [6.07, 6.45) is 0. The molecule has 0 aliphatic rings. The first-order valence-electron chi connectivity index (χ1n) is 4.10. The Morgan fingerprint density at radius 1 is 1.35 bits per heavy atom.